The SMILES string of the molecule is CN=C(NCCOc1ccccc1C)NCC(C)(C)OC. The van der Waals surface area contributed by atoms with E-state index < -0.39 is 0 Å². The molecule has 1 aromatic rings. The van der Waals surface area contributed by atoms with Crippen molar-refractivity contribution in [3.8, 4) is 5.75 Å². The largest absolute Gasteiger partial charge is 0.491 e. The molecule has 0 fully saturated rings. The van der Waals surface area contributed by atoms with E-state index in [1.165, 1.54) is 0 Å². The van der Waals surface area contributed by atoms with Crippen LogP contribution in [0.2, 0.25) is 0 Å². The molecule has 1 rings (SSSR count). The van der Waals surface area contributed by atoms with Crippen LogP contribution in [0, 0.1) is 6.92 Å². The van der Waals surface area contributed by atoms with Gasteiger partial charge in [-0.2, -0.15) is 0 Å². The third kappa shape index (κ3) is 6.49. The Balaban J connectivity index is 2.29. The topological polar surface area (TPSA) is 54.9 Å². The van der Waals surface area contributed by atoms with Gasteiger partial charge in [0.1, 0.15) is 12.4 Å². The molecule has 0 atom stereocenters. The number of nitrogens with zero attached hydrogens (tertiary/aromatic N) is 1. The fraction of sp³-hybridized carbons (Fsp3) is 0.562. The van der Waals surface area contributed by atoms with Gasteiger partial charge in [-0.15, -0.1) is 0 Å². The second-order valence-electron chi connectivity index (χ2n) is 5.43. The first-order valence-corrected chi connectivity index (χ1v) is 7.16. The fourth-order valence-corrected chi connectivity index (χ4v) is 1.64. The maximum atomic E-state index is 5.73. The Hall–Kier alpha value is -1.75. The minimum Gasteiger partial charge on any atom is -0.491 e. The van der Waals surface area contributed by atoms with E-state index >= 15 is 0 Å². The molecule has 0 heterocycles. The van der Waals surface area contributed by atoms with Gasteiger partial charge in [0.25, 0.3) is 0 Å². The van der Waals surface area contributed by atoms with Crippen LogP contribution in [0.5, 0.6) is 5.75 Å². The predicted molar refractivity (Wildman–Crippen MR) is 87.1 cm³/mol. The van der Waals surface area contributed by atoms with Gasteiger partial charge in [0.05, 0.1) is 12.1 Å². The summed E-state index contributed by atoms with van der Waals surface area (Å²) in [6.45, 7) is 8.03. The van der Waals surface area contributed by atoms with Gasteiger partial charge in [-0.3, -0.25) is 4.99 Å². The first kappa shape index (κ1) is 17.3. The van der Waals surface area contributed by atoms with Crippen molar-refractivity contribution in [2.24, 2.45) is 4.99 Å². The minimum absolute atomic E-state index is 0.227. The number of methoxy groups -OCH3 is 1. The zero-order valence-corrected chi connectivity index (χ0v) is 13.7. The molecule has 0 saturated carbocycles. The summed E-state index contributed by atoms with van der Waals surface area (Å²) in [7, 11) is 3.45. The molecule has 0 saturated heterocycles. The molecule has 0 aliphatic rings. The number of para-hydroxylation sites is 1. The molecular formula is C16H27N3O2. The van der Waals surface area contributed by atoms with Crippen LogP contribution in [0.25, 0.3) is 0 Å². The van der Waals surface area contributed by atoms with Gasteiger partial charge in [-0.05, 0) is 32.4 Å². The second kappa shape index (κ2) is 8.52. The molecule has 0 aromatic heterocycles. The summed E-state index contributed by atoms with van der Waals surface area (Å²) in [5.74, 6) is 1.66. The van der Waals surface area contributed by atoms with E-state index in [2.05, 4.69) is 15.6 Å². The van der Waals surface area contributed by atoms with Crippen molar-refractivity contribution in [1.82, 2.24) is 10.6 Å². The van der Waals surface area contributed by atoms with Crippen LogP contribution < -0.4 is 15.4 Å². The number of ether oxygens (including phenoxy) is 2. The smallest absolute Gasteiger partial charge is 0.191 e. The zero-order chi connectivity index (χ0) is 15.7. The van der Waals surface area contributed by atoms with Gasteiger partial charge in [0.2, 0.25) is 0 Å². The Kier molecular flexibility index (Phi) is 7.02. The average Bonchev–Trinajstić information content (AvgIpc) is 2.48. The Morgan fingerprint density at radius 1 is 1.24 bits per heavy atom. The van der Waals surface area contributed by atoms with Crippen molar-refractivity contribution >= 4 is 5.96 Å². The van der Waals surface area contributed by atoms with E-state index in [4.69, 9.17) is 9.47 Å². The Labute approximate surface area is 127 Å². The van der Waals surface area contributed by atoms with Crippen molar-refractivity contribution in [2.75, 3.05) is 33.9 Å². The van der Waals surface area contributed by atoms with Crippen molar-refractivity contribution in [3.63, 3.8) is 0 Å². The summed E-state index contributed by atoms with van der Waals surface area (Å²) in [5, 5.41) is 6.44. The minimum atomic E-state index is -0.227. The van der Waals surface area contributed by atoms with Crippen LogP contribution in [0.4, 0.5) is 0 Å². The molecule has 0 spiro atoms. The van der Waals surface area contributed by atoms with Crippen molar-refractivity contribution in [2.45, 2.75) is 26.4 Å². The molecule has 0 unspecified atom stereocenters. The standard InChI is InChI=1S/C16H27N3O2/c1-13-8-6-7-9-14(13)21-11-10-18-15(17-4)19-12-16(2,3)20-5/h6-9H,10-12H2,1-5H3,(H2,17,18,19). The average molecular weight is 293 g/mol. The van der Waals surface area contributed by atoms with Crippen molar-refractivity contribution in [3.05, 3.63) is 29.8 Å². The number of rotatable bonds is 7. The molecule has 0 bridgehead atoms. The molecule has 118 valence electrons. The first-order chi connectivity index (χ1) is 9.98. The van der Waals surface area contributed by atoms with E-state index in [-0.39, 0.29) is 5.60 Å². The van der Waals surface area contributed by atoms with Crippen LogP contribution in [0.1, 0.15) is 19.4 Å². The van der Waals surface area contributed by atoms with Gasteiger partial charge in [-0.1, -0.05) is 18.2 Å². The molecule has 0 aliphatic heterocycles. The number of aryl methyl sites for hydroxylation is 1. The van der Waals surface area contributed by atoms with Crippen LogP contribution in [-0.2, 0) is 4.74 Å². The summed E-state index contributed by atoms with van der Waals surface area (Å²) < 4.78 is 11.1. The molecule has 5 nitrogen and oxygen atoms in total. The van der Waals surface area contributed by atoms with E-state index in [1.54, 1.807) is 14.2 Å². The summed E-state index contributed by atoms with van der Waals surface area (Å²) in [5.41, 5.74) is 0.914. The summed E-state index contributed by atoms with van der Waals surface area (Å²) >= 11 is 0. The molecule has 21 heavy (non-hydrogen) atoms. The summed E-state index contributed by atoms with van der Waals surface area (Å²) in [4.78, 5) is 4.17. The summed E-state index contributed by atoms with van der Waals surface area (Å²) in [6.07, 6.45) is 0. The maximum Gasteiger partial charge on any atom is 0.191 e. The molecule has 5 heteroatoms. The number of nitrogens with one attached hydrogen (secondary N) is 2. The predicted octanol–water partition coefficient (Wildman–Crippen LogP) is 1.96. The van der Waals surface area contributed by atoms with Gasteiger partial charge < -0.3 is 20.1 Å². The number of guanidine groups is 1. The second-order valence-corrected chi connectivity index (χ2v) is 5.43. The normalized spacial score (nSPS) is 12.1. The number of aliphatic imine (C=N–C) groups is 1. The van der Waals surface area contributed by atoms with Gasteiger partial charge >= 0.3 is 0 Å². The highest BCUT2D eigenvalue weighted by atomic mass is 16.5. The van der Waals surface area contributed by atoms with Crippen LogP contribution in [0.3, 0.4) is 0 Å². The Morgan fingerprint density at radius 2 is 1.95 bits per heavy atom. The number of hydrogen-bond acceptors (Lipinski definition) is 3. The molecule has 2 N–H and O–H groups in total. The van der Waals surface area contributed by atoms with E-state index in [0.717, 1.165) is 17.3 Å². The summed E-state index contributed by atoms with van der Waals surface area (Å²) in [6, 6.07) is 7.99. The van der Waals surface area contributed by atoms with Gasteiger partial charge in [-0.25, -0.2) is 0 Å². The van der Waals surface area contributed by atoms with Gasteiger partial charge in [0, 0.05) is 20.7 Å². The van der Waals surface area contributed by atoms with E-state index in [1.807, 2.05) is 45.0 Å². The maximum absolute atomic E-state index is 5.73. The lowest BCUT2D eigenvalue weighted by atomic mass is 10.1. The van der Waals surface area contributed by atoms with Crippen LogP contribution in [0.15, 0.2) is 29.3 Å². The third-order valence-electron chi connectivity index (χ3n) is 3.20. The lowest BCUT2D eigenvalue weighted by Crippen LogP contribution is -2.46. The Morgan fingerprint density at radius 3 is 2.57 bits per heavy atom. The molecule has 0 radical (unpaired) electrons. The third-order valence-corrected chi connectivity index (χ3v) is 3.20. The molecule has 1 aromatic carbocycles. The lowest BCUT2D eigenvalue weighted by Gasteiger charge is -2.24. The lowest BCUT2D eigenvalue weighted by molar-refractivity contribution is 0.0268. The van der Waals surface area contributed by atoms with Crippen LogP contribution >= 0.6 is 0 Å². The highest BCUT2D eigenvalue weighted by Gasteiger charge is 2.16. The van der Waals surface area contributed by atoms with E-state index in [9.17, 15) is 0 Å². The van der Waals surface area contributed by atoms with Crippen LogP contribution in [-0.4, -0.2) is 45.4 Å². The van der Waals surface area contributed by atoms with Crippen molar-refractivity contribution < 1.29 is 9.47 Å². The van der Waals surface area contributed by atoms with Crippen molar-refractivity contribution in [1.29, 1.82) is 0 Å². The Bertz CT molecular complexity index is 459. The fourth-order valence-electron chi connectivity index (χ4n) is 1.64. The number of hydrogen-bond donors (Lipinski definition) is 2. The first-order valence-electron chi connectivity index (χ1n) is 7.16. The van der Waals surface area contributed by atoms with E-state index in [0.29, 0.717) is 19.7 Å². The molecule has 0 aliphatic carbocycles. The number of benzene rings is 1. The zero-order valence-electron chi connectivity index (χ0n) is 13.7. The highest BCUT2D eigenvalue weighted by molar-refractivity contribution is 5.79. The van der Waals surface area contributed by atoms with Gasteiger partial charge in [0.15, 0.2) is 5.96 Å². The quantitative estimate of drug-likeness (QED) is 0.458. The molecular weight excluding hydrogens is 266 g/mol. The highest BCUT2D eigenvalue weighted by Crippen LogP contribution is 2.15. The monoisotopic (exact) mass is 293 g/mol. The molecule has 0 amide bonds.